The fraction of sp³-hybridized carbons (Fsp3) is 0.684. The Balaban J connectivity index is 1.93. The van der Waals surface area contributed by atoms with Gasteiger partial charge in [0.25, 0.3) is 0 Å². The van der Waals surface area contributed by atoms with Gasteiger partial charge < -0.3 is 4.52 Å². The summed E-state index contributed by atoms with van der Waals surface area (Å²) in [4.78, 5) is 0. The Hall–Kier alpha value is -0.830. The van der Waals surface area contributed by atoms with E-state index in [1.54, 1.807) is 24.3 Å². The Morgan fingerprint density at radius 3 is 1.88 bits per heavy atom. The molecule has 5 heteroatoms. The van der Waals surface area contributed by atoms with Crippen LogP contribution in [-0.2, 0) is 9.09 Å². The van der Waals surface area contributed by atoms with Crippen molar-refractivity contribution in [1.29, 1.82) is 0 Å². The van der Waals surface area contributed by atoms with Crippen LogP contribution in [0.25, 0.3) is 0 Å². The topological polar surface area (TPSA) is 61.5 Å². The van der Waals surface area contributed by atoms with Gasteiger partial charge in [-0.15, -0.1) is 0 Å². The van der Waals surface area contributed by atoms with Gasteiger partial charge in [-0.05, 0) is 18.6 Å². The summed E-state index contributed by atoms with van der Waals surface area (Å²) in [5.41, 5.74) is 5.59. The van der Waals surface area contributed by atoms with Crippen molar-refractivity contribution in [3.05, 3.63) is 30.3 Å². The second-order valence-corrected chi connectivity index (χ2v) is 7.83. The van der Waals surface area contributed by atoms with Gasteiger partial charge in [-0.3, -0.25) is 4.52 Å². The minimum atomic E-state index is -3.49. The lowest BCUT2D eigenvalue weighted by molar-refractivity contribution is 0.258. The lowest BCUT2D eigenvalue weighted by Crippen LogP contribution is -2.07. The van der Waals surface area contributed by atoms with Gasteiger partial charge in [-0.2, -0.15) is 0 Å². The van der Waals surface area contributed by atoms with Crippen LogP contribution in [0.1, 0.15) is 77.6 Å². The van der Waals surface area contributed by atoms with Crippen molar-refractivity contribution in [1.82, 2.24) is 0 Å². The molecule has 1 aromatic carbocycles. The molecule has 0 amide bonds. The van der Waals surface area contributed by atoms with Gasteiger partial charge in [0.1, 0.15) is 5.75 Å². The molecule has 24 heavy (non-hydrogen) atoms. The Morgan fingerprint density at radius 2 is 1.33 bits per heavy atom. The van der Waals surface area contributed by atoms with Gasteiger partial charge in [0.15, 0.2) is 0 Å². The van der Waals surface area contributed by atoms with Gasteiger partial charge in [-0.1, -0.05) is 89.3 Å². The molecule has 0 aliphatic heterocycles. The van der Waals surface area contributed by atoms with Crippen molar-refractivity contribution in [3.63, 3.8) is 0 Å². The van der Waals surface area contributed by atoms with Crippen LogP contribution < -0.4 is 10.0 Å². The van der Waals surface area contributed by atoms with E-state index >= 15 is 0 Å². The average molecular weight is 355 g/mol. The lowest BCUT2D eigenvalue weighted by Gasteiger charge is -2.14. The maximum absolute atomic E-state index is 12.0. The van der Waals surface area contributed by atoms with Crippen molar-refractivity contribution in [2.75, 3.05) is 6.61 Å². The number of hydrogen-bond donors (Lipinski definition) is 1. The molecule has 0 aliphatic carbocycles. The molecular formula is C19H34NO3P. The van der Waals surface area contributed by atoms with E-state index in [1.807, 2.05) is 6.07 Å². The molecular weight excluding hydrogens is 321 g/mol. The first-order valence-corrected chi connectivity index (χ1v) is 11.0. The Bertz CT molecular complexity index is 453. The number of hydrogen-bond acceptors (Lipinski definition) is 3. The monoisotopic (exact) mass is 355 g/mol. The van der Waals surface area contributed by atoms with Crippen LogP contribution in [0.5, 0.6) is 5.75 Å². The first-order chi connectivity index (χ1) is 11.6. The van der Waals surface area contributed by atoms with E-state index in [2.05, 4.69) is 6.92 Å². The Morgan fingerprint density at radius 1 is 0.833 bits per heavy atom. The summed E-state index contributed by atoms with van der Waals surface area (Å²) in [5.74, 6) is 0.474. The van der Waals surface area contributed by atoms with Gasteiger partial charge in [0, 0.05) is 0 Å². The Labute approximate surface area is 147 Å². The zero-order valence-electron chi connectivity index (χ0n) is 15.1. The van der Waals surface area contributed by atoms with Crippen LogP contribution in [0.4, 0.5) is 0 Å². The molecule has 0 aliphatic rings. The van der Waals surface area contributed by atoms with E-state index in [9.17, 15) is 4.57 Å². The molecule has 0 saturated heterocycles. The van der Waals surface area contributed by atoms with E-state index < -0.39 is 7.75 Å². The number of nitrogens with two attached hydrogens (primary N) is 1. The molecule has 1 aromatic rings. The van der Waals surface area contributed by atoms with Crippen LogP contribution in [-0.4, -0.2) is 6.61 Å². The second-order valence-electron chi connectivity index (χ2n) is 6.31. The average Bonchev–Trinajstić information content (AvgIpc) is 2.56. The molecule has 0 fully saturated rings. The summed E-state index contributed by atoms with van der Waals surface area (Å²) in [6.07, 6.45) is 13.9. The molecule has 138 valence electrons. The zero-order chi connectivity index (χ0) is 17.5. The number of benzene rings is 1. The molecule has 4 nitrogen and oxygen atoms in total. The molecule has 1 unspecified atom stereocenters. The first kappa shape index (κ1) is 21.2. The van der Waals surface area contributed by atoms with Crippen LogP contribution in [0.15, 0.2) is 30.3 Å². The molecule has 0 radical (unpaired) electrons. The highest BCUT2D eigenvalue weighted by Crippen LogP contribution is 2.40. The third kappa shape index (κ3) is 11.7. The first-order valence-electron chi connectivity index (χ1n) is 9.42. The highest BCUT2D eigenvalue weighted by molar-refractivity contribution is 7.51. The number of para-hydroxylation sites is 1. The molecule has 1 rings (SSSR count). The fourth-order valence-electron chi connectivity index (χ4n) is 2.61. The highest BCUT2D eigenvalue weighted by atomic mass is 31.2. The maximum atomic E-state index is 12.0. The molecule has 0 aromatic heterocycles. The molecule has 0 bridgehead atoms. The smallest absolute Gasteiger partial charge is 0.413 e. The van der Waals surface area contributed by atoms with E-state index in [1.165, 1.54) is 57.8 Å². The van der Waals surface area contributed by atoms with Gasteiger partial charge >= 0.3 is 7.75 Å². The standard InChI is InChI=1S/C19H34NO3P/c1-2-3-4-5-6-7-8-9-10-11-15-18-22-24(20,21)23-19-16-13-12-14-17-19/h12-14,16-17H,2-11,15,18H2,1H3,(H2,20,21). The fourth-order valence-corrected chi connectivity index (χ4v) is 3.46. The predicted octanol–water partition coefficient (Wildman–Crippen LogP) is 6.46. The molecule has 0 spiro atoms. The zero-order valence-corrected chi connectivity index (χ0v) is 16.0. The third-order valence-corrected chi connectivity index (χ3v) is 5.00. The van der Waals surface area contributed by atoms with Crippen LogP contribution in [0, 0.1) is 0 Å². The van der Waals surface area contributed by atoms with Gasteiger partial charge in [0.2, 0.25) is 0 Å². The van der Waals surface area contributed by atoms with Crippen LogP contribution in [0.2, 0.25) is 0 Å². The minimum Gasteiger partial charge on any atom is -0.413 e. The largest absolute Gasteiger partial charge is 0.456 e. The van der Waals surface area contributed by atoms with Crippen molar-refractivity contribution in [3.8, 4) is 5.75 Å². The minimum absolute atomic E-state index is 0.387. The number of unbranched alkanes of at least 4 members (excludes halogenated alkanes) is 10. The summed E-state index contributed by atoms with van der Waals surface area (Å²) < 4.78 is 22.4. The van der Waals surface area contributed by atoms with E-state index in [4.69, 9.17) is 14.6 Å². The van der Waals surface area contributed by atoms with E-state index in [0.29, 0.717) is 12.4 Å². The molecule has 2 N–H and O–H groups in total. The molecule has 1 atom stereocenters. The molecule has 0 heterocycles. The van der Waals surface area contributed by atoms with Crippen LogP contribution >= 0.6 is 7.75 Å². The quantitative estimate of drug-likeness (QED) is 0.290. The summed E-state index contributed by atoms with van der Waals surface area (Å²) >= 11 is 0. The third-order valence-electron chi connectivity index (χ3n) is 3.99. The summed E-state index contributed by atoms with van der Waals surface area (Å²) in [6, 6.07) is 8.90. The van der Waals surface area contributed by atoms with Crippen molar-refractivity contribution in [2.24, 2.45) is 5.50 Å². The molecule has 0 saturated carbocycles. The highest BCUT2D eigenvalue weighted by Gasteiger charge is 2.19. The SMILES string of the molecule is CCCCCCCCCCCCCOP(N)(=O)Oc1ccccc1. The van der Waals surface area contributed by atoms with Crippen molar-refractivity contribution in [2.45, 2.75) is 77.6 Å². The van der Waals surface area contributed by atoms with E-state index in [0.717, 1.165) is 12.8 Å². The normalized spacial score (nSPS) is 13.6. The van der Waals surface area contributed by atoms with Crippen molar-refractivity contribution >= 4 is 7.75 Å². The van der Waals surface area contributed by atoms with Gasteiger partial charge in [-0.25, -0.2) is 10.1 Å². The number of rotatable bonds is 15. The van der Waals surface area contributed by atoms with Crippen molar-refractivity contribution < 1.29 is 13.6 Å². The second kappa shape index (κ2) is 13.5. The summed E-state index contributed by atoms with van der Waals surface area (Å²) in [6.45, 7) is 2.64. The van der Waals surface area contributed by atoms with E-state index in [-0.39, 0.29) is 0 Å². The summed E-state index contributed by atoms with van der Waals surface area (Å²) in [7, 11) is -3.49. The summed E-state index contributed by atoms with van der Waals surface area (Å²) in [5, 5.41) is 0. The van der Waals surface area contributed by atoms with Crippen LogP contribution in [0.3, 0.4) is 0 Å². The Kier molecular flexibility index (Phi) is 11.9. The van der Waals surface area contributed by atoms with Gasteiger partial charge in [0.05, 0.1) is 6.61 Å². The maximum Gasteiger partial charge on any atom is 0.456 e. The predicted molar refractivity (Wildman–Crippen MR) is 101 cm³/mol. The lowest BCUT2D eigenvalue weighted by atomic mass is 10.1.